The Labute approximate surface area is 150 Å². The van der Waals surface area contributed by atoms with Gasteiger partial charge in [0.25, 0.3) is 5.69 Å². The summed E-state index contributed by atoms with van der Waals surface area (Å²) in [6, 6.07) is 5.88. The zero-order valence-electron chi connectivity index (χ0n) is 14.3. The fraction of sp³-hybridized carbons (Fsp3) is 0.267. The molecule has 2 aromatic rings. The monoisotopic (exact) mass is 363 g/mol. The molecule has 1 heterocycles. The standard InChI is InChI=1S/C15H18ClN7O2/c1-21(2)14-8-13(18-15(19-14)22(3)4)20-17-9-10-7-11(23(24)25)5-6-12(10)16/h5-9H,1-4H3,(H,18,19,20)/b17-9+. The Morgan fingerprint density at radius 3 is 2.52 bits per heavy atom. The van der Waals surface area contributed by atoms with Crippen LogP contribution in [-0.2, 0) is 0 Å². The lowest BCUT2D eigenvalue weighted by Gasteiger charge is -2.16. The molecule has 0 aliphatic carbocycles. The molecule has 0 aliphatic rings. The predicted octanol–water partition coefficient (Wildman–Crippen LogP) is 2.62. The number of hydrazone groups is 1. The summed E-state index contributed by atoms with van der Waals surface area (Å²) in [6.07, 6.45) is 1.40. The average Bonchev–Trinajstić information content (AvgIpc) is 2.56. The largest absolute Gasteiger partial charge is 0.363 e. The molecule has 0 radical (unpaired) electrons. The topological polar surface area (TPSA) is 99.8 Å². The molecule has 1 aromatic carbocycles. The van der Waals surface area contributed by atoms with Crippen molar-refractivity contribution in [3.8, 4) is 0 Å². The van der Waals surface area contributed by atoms with Crippen molar-refractivity contribution in [2.75, 3.05) is 43.4 Å². The highest BCUT2D eigenvalue weighted by Crippen LogP contribution is 2.21. The van der Waals surface area contributed by atoms with E-state index in [9.17, 15) is 10.1 Å². The second-order valence-electron chi connectivity index (χ2n) is 5.53. The van der Waals surface area contributed by atoms with Crippen LogP contribution in [0.3, 0.4) is 0 Å². The zero-order valence-corrected chi connectivity index (χ0v) is 15.0. The van der Waals surface area contributed by atoms with Crippen molar-refractivity contribution in [1.29, 1.82) is 0 Å². The Bertz CT molecular complexity index is 782. The maximum absolute atomic E-state index is 10.8. The number of non-ortho nitro benzene ring substituents is 1. The second kappa shape index (κ2) is 7.75. The molecule has 1 N–H and O–H groups in total. The summed E-state index contributed by atoms with van der Waals surface area (Å²) in [7, 11) is 7.42. The van der Waals surface area contributed by atoms with Gasteiger partial charge in [-0.15, -0.1) is 0 Å². The first-order valence-corrected chi connectivity index (χ1v) is 7.62. The van der Waals surface area contributed by atoms with Gasteiger partial charge in [-0.25, -0.2) is 0 Å². The van der Waals surface area contributed by atoms with E-state index in [4.69, 9.17) is 11.6 Å². The van der Waals surface area contributed by atoms with E-state index in [0.29, 0.717) is 28.2 Å². The van der Waals surface area contributed by atoms with Crippen molar-refractivity contribution in [2.45, 2.75) is 0 Å². The first-order chi connectivity index (χ1) is 11.8. The van der Waals surface area contributed by atoms with Crippen LogP contribution in [0.2, 0.25) is 5.02 Å². The predicted molar refractivity (Wildman–Crippen MR) is 100 cm³/mol. The molecule has 0 atom stereocenters. The zero-order chi connectivity index (χ0) is 18.6. The van der Waals surface area contributed by atoms with Gasteiger partial charge in [-0.1, -0.05) is 11.6 Å². The van der Waals surface area contributed by atoms with E-state index in [2.05, 4.69) is 20.5 Å². The van der Waals surface area contributed by atoms with Crippen LogP contribution < -0.4 is 15.2 Å². The molecule has 1 aromatic heterocycles. The van der Waals surface area contributed by atoms with Crippen molar-refractivity contribution in [1.82, 2.24) is 9.97 Å². The lowest BCUT2D eigenvalue weighted by Crippen LogP contribution is -2.17. The van der Waals surface area contributed by atoms with E-state index >= 15 is 0 Å². The first kappa shape index (κ1) is 18.4. The molecule has 0 saturated carbocycles. The van der Waals surface area contributed by atoms with Crippen molar-refractivity contribution >= 4 is 41.1 Å². The first-order valence-electron chi connectivity index (χ1n) is 7.24. The highest BCUT2D eigenvalue weighted by Gasteiger charge is 2.09. The molecule has 0 aliphatic heterocycles. The van der Waals surface area contributed by atoms with Gasteiger partial charge in [0.1, 0.15) is 5.82 Å². The van der Waals surface area contributed by atoms with Gasteiger partial charge in [0.05, 0.1) is 11.1 Å². The molecule has 132 valence electrons. The minimum atomic E-state index is -0.488. The summed E-state index contributed by atoms with van der Waals surface area (Å²) in [5.41, 5.74) is 3.17. The van der Waals surface area contributed by atoms with Crippen LogP contribution in [0.4, 0.5) is 23.3 Å². The summed E-state index contributed by atoms with van der Waals surface area (Å²) in [6.45, 7) is 0. The van der Waals surface area contributed by atoms with Crippen LogP contribution in [-0.4, -0.2) is 49.3 Å². The van der Waals surface area contributed by atoms with Crippen molar-refractivity contribution in [2.24, 2.45) is 5.10 Å². The molecule has 25 heavy (non-hydrogen) atoms. The van der Waals surface area contributed by atoms with Gasteiger partial charge in [-0.05, 0) is 6.07 Å². The maximum Gasteiger partial charge on any atom is 0.270 e. The van der Waals surface area contributed by atoms with Crippen LogP contribution in [0.25, 0.3) is 0 Å². The van der Waals surface area contributed by atoms with E-state index in [1.54, 1.807) is 11.0 Å². The third kappa shape index (κ3) is 4.77. The normalized spacial score (nSPS) is 10.8. The maximum atomic E-state index is 10.8. The number of halogens is 1. The van der Waals surface area contributed by atoms with Crippen molar-refractivity contribution in [3.63, 3.8) is 0 Å². The summed E-state index contributed by atoms with van der Waals surface area (Å²) in [4.78, 5) is 22.7. The Hall–Kier alpha value is -2.94. The SMILES string of the molecule is CN(C)c1cc(N/N=C/c2cc([N+](=O)[O-])ccc2Cl)nc(N(C)C)n1. The highest BCUT2D eigenvalue weighted by atomic mass is 35.5. The van der Waals surface area contributed by atoms with Crippen molar-refractivity contribution in [3.05, 3.63) is 45.0 Å². The van der Waals surface area contributed by atoms with Gasteiger partial charge < -0.3 is 9.80 Å². The number of rotatable bonds is 6. The number of nitrogens with zero attached hydrogens (tertiary/aromatic N) is 6. The average molecular weight is 364 g/mol. The lowest BCUT2D eigenvalue weighted by atomic mass is 10.2. The Morgan fingerprint density at radius 2 is 1.92 bits per heavy atom. The van der Waals surface area contributed by atoms with Crippen LogP contribution in [0, 0.1) is 10.1 Å². The molecule has 0 spiro atoms. The van der Waals surface area contributed by atoms with E-state index < -0.39 is 4.92 Å². The summed E-state index contributed by atoms with van der Waals surface area (Å²) < 4.78 is 0. The van der Waals surface area contributed by atoms with Gasteiger partial charge in [-0.2, -0.15) is 15.1 Å². The number of anilines is 3. The number of benzene rings is 1. The quantitative estimate of drug-likeness (QED) is 0.478. The number of nitrogens with one attached hydrogen (secondary N) is 1. The molecular formula is C15H18ClN7O2. The minimum Gasteiger partial charge on any atom is -0.363 e. The van der Waals surface area contributed by atoms with Gasteiger partial charge in [0, 0.05) is 57.0 Å². The molecular weight excluding hydrogens is 346 g/mol. The van der Waals surface area contributed by atoms with Crippen LogP contribution in [0.5, 0.6) is 0 Å². The highest BCUT2D eigenvalue weighted by molar-refractivity contribution is 6.33. The number of nitro benzene ring substituents is 1. The van der Waals surface area contributed by atoms with Crippen molar-refractivity contribution < 1.29 is 4.92 Å². The van der Waals surface area contributed by atoms with Crippen LogP contribution >= 0.6 is 11.6 Å². The Kier molecular flexibility index (Phi) is 5.71. The fourth-order valence-electron chi connectivity index (χ4n) is 1.82. The Balaban J connectivity index is 2.25. The molecule has 0 unspecified atom stereocenters. The van der Waals surface area contributed by atoms with Gasteiger partial charge in [0.15, 0.2) is 5.82 Å². The van der Waals surface area contributed by atoms with E-state index in [1.807, 2.05) is 33.1 Å². The minimum absolute atomic E-state index is 0.0577. The number of aromatic nitrogens is 2. The van der Waals surface area contributed by atoms with Crippen LogP contribution in [0.1, 0.15) is 5.56 Å². The lowest BCUT2D eigenvalue weighted by molar-refractivity contribution is -0.384. The Morgan fingerprint density at radius 1 is 1.20 bits per heavy atom. The van der Waals surface area contributed by atoms with Gasteiger partial charge in [-0.3, -0.25) is 15.5 Å². The van der Waals surface area contributed by atoms with E-state index in [-0.39, 0.29) is 5.69 Å². The summed E-state index contributed by atoms with van der Waals surface area (Å²) in [5.74, 6) is 1.72. The molecule has 9 nitrogen and oxygen atoms in total. The smallest absolute Gasteiger partial charge is 0.270 e. The molecule has 0 bridgehead atoms. The molecule has 0 fully saturated rings. The van der Waals surface area contributed by atoms with Crippen LogP contribution in [0.15, 0.2) is 29.4 Å². The molecule has 0 amide bonds. The molecule has 0 saturated heterocycles. The number of hydrogen-bond donors (Lipinski definition) is 1. The third-order valence-corrected chi connectivity index (χ3v) is 3.48. The van der Waals surface area contributed by atoms with E-state index in [0.717, 1.165) is 0 Å². The second-order valence-corrected chi connectivity index (χ2v) is 5.94. The van der Waals surface area contributed by atoms with E-state index in [1.165, 1.54) is 24.4 Å². The summed E-state index contributed by atoms with van der Waals surface area (Å²) in [5, 5.41) is 15.3. The third-order valence-electron chi connectivity index (χ3n) is 3.13. The molecule has 2 rings (SSSR count). The summed E-state index contributed by atoms with van der Waals surface area (Å²) >= 11 is 6.04. The van der Waals surface area contributed by atoms with Gasteiger partial charge >= 0.3 is 0 Å². The fourth-order valence-corrected chi connectivity index (χ4v) is 1.99. The molecule has 10 heteroatoms. The number of hydrogen-bond acceptors (Lipinski definition) is 8. The van der Waals surface area contributed by atoms with Gasteiger partial charge in [0.2, 0.25) is 5.95 Å². The number of nitro groups is 1.